The largest absolute Gasteiger partial charge is 0.288 e. The van der Waals surface area contributed by atoms with Crippen molar-refractivity contribution in [1.29, 1.82) is 0 Å². The Hall–Kier alpha value is -1.52. The van der Waals surface area contributed by atoms with E-state index in [1.54, 1.807) is 24.3 Å². The summed E-state index contributed by atoms with van der Waals surface area (Å²) in [6.45, 7) is 0. The number of hydrogen-bond acceptors (Lipinski definition) is 2. The van der Waals surface area contributed by atoms with Crippen LogP contribution in [-0.4, -0.2) is 5.78 Å². The van der Waals surface area contributed by atoms with Crippen molar-refractivity contribution in [1.82, 2.24) is 0 Å². The van der Waals surface area contributed by atoms with Gasteiger partial charge in [-0.15, -0.1) is 11.3 Å². The van der Waals surface area contributed by atoms with Crippen LogP contribution in [0.4, 0.5) is 4.39 Å². The highest BCUT2D eigenvalue weighted by Crippen LogP contribution is 2.29. The van der Waals surface area contributed by atoms with Gasteiger partial charge in [0.1, 0.15) is 5.82 Å². The standard InChI is InChI=1S/C15H8BrFOS/c16-12-7-8-19-15(12)14(18)11-5-6-13(17)10-4-2-1-3-9(10)11/h1-8H. The molecule has 0 unspecified atom stereocenters. The average molecular weight is 335 g/mol. The van der Waals surface area contributed by atoms with Crippen LogP contribution in [0.5, 0.6) is 0 Å². The molecule has 2 aromatic carbocycles. The van der Waals surface area contributed by atoms with Gasteiger partial charge in [-0.1, -0.05) is 24.3 Å². The minimum atomic E-state index is -0.308. The number of benzene rings is 2. The average Bonchev–Trinajstić information content (AvgIpc) is 2.85. The topological polar surface area (TPSA) is 17.1 Å². The summed E-state index contributed by atoms with van der Waals surface area (Å²) in [4.78, 5) is 13.1. The van der Waals surface area contributed by atoms with Crippen molar-refractivity contribution in [3.8, 4) is 0 Å². The van der Waals surface area contributed by atoms with Crippen molar-refractivity contribution in [3.63, 3.8) is 0 Å². The molecule has 4 heteroatoms. The number of thiophene rings is 1. The molecule has 0 saturated carbocycles. The SMILES string of the molecule is O=C(c1sccc1Br)c1ccc(F)c2ccccc12. The lowest BCUT2D eigenvalue weighted by Gasteiger charge is -2.06. The maximum absolute atomic E-state index is 13.7. The molecule has 0 atom stereocenters. The molecule has 0 amide bonds. The molecular weight excluding hydrogens is 327 g/mol. The van der Waals surface area contributed by atoms with Gasteiger partial charge in [-0.3, -0.25) is 4.79 Å². The van der Waals surface area contributed by atoms with E-state index in [9.17, 15) is 9.18 Å². The summed E-state index contributed by atoms with van der Waals surface area (Å²) in [6, 6.07) is 11.8. The third kappa shape index (κ3) is 2.11. The maximum atomic E-state index is 13.7. The fraction of sp³-hybridized carbons (Fsp3) is 0. The summed E-state index contributed by atoms with van der Waals surface area (Å²) in [6.07, 6.45) is 0. The van der Waals surface area contributed by atoms with Crippen LogP contribution < -0.4 is 0 Å². The molecule has 1 aromatic heterocycles. The fourth-order valence-electron chi connectivity index (χ4n) is 2.04. The van der Waals surface area contributed by atoms with E-state index in [1.807, 2.05) is 17.5 Å². The number of hydrogen-bond donors (Lipinski definition) is 0. The van der Waals surface area contributed by atoms with Crippen LogP contribution in [0.15, 0.2) is 52.3 Å². The highest BCUT2D eigenvalue weighted by molar-refractivity contribution is 9.10. The van der Waals surface area contributed by atoms with Crippen molar-refractivity contribution in [2.75, 3.05) is 0 Å². The van der Waals surface area contributed by atoms with E-state index < -0.39 is 0 Å². The zero-order valence-electron chi connectivity index (χ0n) is 9.69. The molecule has 0 N–H and O–H groups in total. The van der Waals surface area contributed by atoms with Crippen molar-refractivity contribution < 1.29 is 9.18 Å². The van der Waals surface area contributed by atoms with Gasteiger partial charge in [-0.2, -0.15) is 0 Å². The second kappa shape index (κ2) is 4.87. The highest BCUT2D eigenvalue weighted by atomic mass is 79.9. The summed E-state index contributed by atoms with van der Waals surface area (Å²) < 4.78 is 14.5. The summed E-state index contributed by atoms with van der Waals surface area (Å²) in [5, 5.41) is 2.97. The second-order valence-electron chi connectivity index (χ2n) is 4.07. The molecule has 0 aliphatic heterocycles. The molecule has 94 valence electrons. The molecule has 0 aliphatic carbocycles. The smallest absolute Gasteiger partial charge is 0.204 e. The van der Waals surface area contributed by atoms with Crippen LogP contribution in [0, 0.1) is 5.82 Å². The molecule has 3 aromatic rings. The van der Waals surface area contributed by atoms with Gasteiger partial charge in [0.25, 0.3) is 0 Å². The summed E-state index contributed by atoms with van der Waals surface area (Å²) in [5.41, 5.74) is 0.528. The van der Waals surface area contributed by atoms with Gasteiger partial charge < -0.3 is 0 Å². The number of halogens is 2. The normalized spacial score (nSPS) is 10.8. The van der Waals surface area contributed by atoms with Crippen LogP contribution in [-0.2, 0) is 0 Å². The quantitative estimate of drug-likeness (QED) is 0.600. The molecule has 0 bridgehead atoms. The third-order valence-electron chi connectivity index (χ3n) is 2.94. The van der Waals surface area contributed by atoms with E-state index in [0.29, 0.717) is 21.2 Å². The molecule has 0 fully saturated rings. The van der Waals surface area contributed by atoms with Gasteiger partial charge in [-0.05, 0) is 44.9 Å². The van der Waals surface area contributed by atoms with E-state index in [1.165, 1.54) is 17.4 Å². The first-order valence-electron chi connectivity index (χ1n) is 5.63. The fourth-order valence-corrected chi connectivity index (χ4v) is 3.54. The summed E-state index contributed by atoms with van der Waals surface area (Å²) in [5.74, 6) is -0.393. The highest BCUT2D eigenvalue weighted by Gasteiger charge is 2.17. The lowest BCUT2D eigenvalue weighted by Crippen LogP contribution is -2.01. The van der Waals surface area contributed by atoms with Crippen LogP contribution in [0.2, 0.25) is 0 Å². The van der Waals surface area contributed by atoms with Gasteiger partial charge in [0.15, 0.2) is 0 Å². The van der Waals surface area contributed by atoms with E-state index in [0.717, 1.165) is 4.47 Å². The Morgan fingerprint density at radius 3 is 2.47 bits per heavy atom. The van der Waals surface area contributed by atoms with Crippen molar-refractivity contribution in [2.45, 2.75) is 0 Å². The van der Waals surface area contributed by atoms with Crippen LogP contribution in [0.3, 0.4) is 0 Å². The predicted octanol–water partition coefficient (Wildman–Crippen LogP) is 5.03. The molecule has 19 heavy (non-hydrogen) atoms. The predicted molar refractivity (Wildman–Crippen MR) is 79.4 cm³/mol. The molecule has 0 spiro atoms. The zero-order chi connectivity index (χ0) is 13.4. The van der Waals surface area contributed by atoms with Crippen LogP contribution in [0.25, 0.3) is 10.8 Å². The minimum Gasteiger partial charge on any atom is -0.288 e. The Morgan fingerprint density at radius 1 is 1.05 bits per heavy atom. The van der Waals surface area contributed by atoms with E-state index in [2.05, 4.69) is 15.9 Å². The van der Waals surface area contributed by atoms with E-state index in [4.69, 9.17) is 0 Å². The van der Waals surface area contributed by atoms with Crippen molar-refractivity contribution in [2.24, 2.45) is 0 Å². The monoisotopic (exact) mass is 334 g/mol. The Balaban J connectivity index is 2.24. The lowest BCUT2D eigenvalue weighted by molar-refractivity contribution is 0.104. The van der Waals surface area contributed by atoms with Crippen LogP contribution >= 0.6 is 27.3 Å². The maximum Gasteiger partial charge on any atom is 0.204 e. The molecule has 1 heterocycles. The Bertz CT molecular complexity index is 779. The number of carbonyl (C=O) groups is 1. The first-order valence-corrected chi connectivity index (χ1v) is 7.30. The Morgan fingerprint density at radius 2 is 1.79 bits per heavy atom. The minimum absolute atomic E-state index is 0.0851. The van der Waals surface area contributed by atoms with Crippen molar-refractivity contribution >= 4 is 43.8 Å². The molecular formula is C15H8BrFOS. The van der Waals surface area contributed by atoms with Crippen molar-refractivity contribution in [3.05, 3.63) is 68.6 Å². The molecule has 0 saturated heterocycles. The number of rotatable bonds is 2. The summed E-state index contributed by atoms with van der Waals surface area (Å²) >= 11 is 4.73. The van der Waals surface area contributed by atoms with Gasteiger partial charge in [0, 0.05) is 15.4 Å². The molecule has 3 rings (SSSR count). The molecule has 0 aliphatic rings. The van der Waals surface area contributed by atoms with Gasteiger partial charge >= 0.3 is 0 Å². The van der Waals surface area contributed by atoms with Gasteiger partial charge in [0.05, 0.1) is 4.88 Å². The lowest BCUT2D eigenvalue weighted by atomic mass is 10.0. The number of fused-ring (bicyclic) bond motifs is 1. The first-order chi connectivity index (χ1) is 9.18. The number of carbonyl (C=O) groups excluding carboxylic acids is 1. The first kappa shape index (κ1) is 12.5. The molecule has 1 nitrogen and oxygen atoms in total. The molecule has 0 radical (unpaired) electrons. The Labute approximate surface area is 121 Å². The van der Waals surface area contributed by atoms with Gasteiger partial charge in [-0.25, -0.2) is 4.39 Å². The van der Waals surface area contributed by atoms with Gasteiger partial charge in [0.2, 0.25) is 5.78 Å². The van der Waals surface area contributed by atoms with Crippen LogP contribution in [0.1, 0.15) is 15.2 Å². The van der Waals surface area contributed by atoms with E-state index >= 15 is 0 Å². The zero-order valence-corrected chi connectivity index (χ0v) is 12.1. The number of ketones is 1. The summed E-state index contributed by atoms with van der Waals surface area (Å²) in [7, 11) is 0. The second-order valence-corrected chi connectivity index (χ2v) is 5.84. The van der Waals surface area contributed by atoms with E-state index in [-0.39, 0.29) is 11.6 Å². The Kier molecular flexibility index (Phi) is 3.21. The third-order valence-corrected chi connectivity index (χ3v) is 4.78.